The summed E-state index contributed by atoms with van der Waals surface area (Å²) in [6.07, 6.45) is -0.279. The topological polar surface area (TPSA) is 81.8 Å². The molecular weight excluding hydrogens is 437 g/mol. The summed E-state index contributed by atoms with van der Waals surface area (Å²) in [5, 5.41) is 4.91. The summed E-state index contributed by atoms with van der Waals surface area (Å²) in [7, 11) is 0. The van der Waals surface area contributed by atoms with Gasteiger partial charge >= 0.3 is 6.03 Å². The van der Waals surface area contributed by atoms with Gasteiger partial charge in [-0.3, -0.25) is 24.7 Å². The van der Waals surface area contributed by atoms with Crippen molar-refractivity contribution in [3.63, 3.8) is 0 Å². The minimum absolute atomic E-state index is 0.124. The highest BCUT2D eigenvalue weighted by Gasteiger charge is 2.34. The summed E-state index contributed by atoms with van der Waals surface area (Å²) in [4.78, 5) is 38.9. The second-order valence-electron chi connectivity index (χ2n) is 8.19. The van der Waals surface area contributed by atoms with E-state index in [1.54, 1.807) is 29.2 Å². The number of anilines is 2. The molecule has 2 heterocycles. The van der Waals surface area contributed by atoms with Crippen LogP contribution in [0.3, 0.4) is 0 Å². The summed E-state index contributed by atoms with van der Waals surface area (Å²) in [5.41, 5.74) is 1.50. The quantitative estimate of drug-likeness (QED) is 0.712. The third-order valence-corrected chi connectivity index (χ3v) is 5.79. The highest BCUT2D eigenvalue weighted by molar-refractivity contribution is 6.06. The molecule has 2 N–H and O–H groups in total. The van der Waals surface area contributed by atoms with Gasteiger partial charge in [-0.15, -0.1) is 0 Å². The van der Waals surface area contributed by atoms with Crippen molar-refractivity contribution in [1.82, 2.24) is 10.2 Å². The van der Waals surface area contributed by atoms with E-state index in [1.165, 1.54) is 17.0 Å². The molecule has 0 saturated carbocycles. The van der Waals surface area contributed by atoms with Crippen LogP contribution in [0.15, 0.2) is 42.5 Å². The maximum absolute atomic E-state index is 14.6. The molecule has 7 nitrogen and oxygen atoms in total. The molecule has 2 saturated heterocycles. The molecule has 0 aliphatic carbocycles. The van der Waals surface area contributed by atoms with E-state index in [9.17, 15) is 27.6 Å². The van der Waals surface area contributed by atoms with Gasteiger partial charge in [0.25, 0.3) is 11.8 Å². The lowest BCUT2D eigenvalue weighted by molar-refractivity contribution is -0.120. The van der Waals surface area contributed by atoms with E-state index in [0.717, 1.165) is 6.07 Å². The Morgan fingerprint density at radius 2 is 1.73 bits per heavy atom. The van der Waals surface area contributed by atoms with Crippen LogP contribution < -0.4 is 15.5 Å². The third-order valence-electron chi connectivity index (χ3n) is 5.79. The van der Waals surface area contributed by atoms with Crippen molar-refractivity contribution in [3.05, 3.63) is 59.4 Å². The molecule has 2 aromatic carbocycles. The molecule has 2 aromatic rings. The largest absolute Gasteiger partial charge is 0.328 e. The summed E-state index contributed by atoms with van der Waals surface area (Å²) >= 11 is 0. The lowest BCUT2D eigenvalue weighted by Gasteiger charge is -2.31. The van der Waals surface area contributed by atoms with Crippen LogP contribution in [0.1, 0.15) is 35.2 Å². The van der Waals surface area contributed by atoms with Crippen molar-refractivity contribution in [2.24, 2.45) is 0 Å². The fraction of sp³-hybridized carbons (Fsp3) is 0.348. The average Bonchev–Trinajstić information content (AvgIpc) is 2.77. The second kappa shape index (κ2) is 9.22. The third kappa shape index (κ3) is 5.51. The molecule has 0 aromatic heterocycles. The Morgan fingerprint density at radius 3 is 2.36 bits per heavy atom. The van der Waals surface area contributed by atoms with Crippen LogP contribution >= 0.6 is 0 Å². The van der Waals surface area contributed by atoms with Gasteiger partial charge in [-0.25, -0.2) is 18.0 Å². The standard InChI is InChI=1S/C23H23F3N4O3/c24-19-13-15(1-2-16(19)14-29-11-8-23(25,26)9-12-29)21(32)27-17-3-5-18(6-4-17)30-10-7-20(31)28-22(30)33/h1-6,13H,7-12,14H2,(H,27,32)(H,28,31,33). The van der Waals surface area contributed by atoms with E-state index in [0.29, 0.717) is 16.9 Å². The Bertz CT molecular complexity index is 1070. The fourth-order valence-corrected chi connectivity index (χ4v) is 3.83. The summed E-state index contributed by atoms with van der Waals surface area (Å²) in [6, 6.07) is 10.1. The van der Waals surface area contributed by atoms with Gasteiger partial charge in [-0.05, 0) is 36.4 Å². The number of carbonyl (C=O) groups is 3. The normalized spacial score (nSPS) is 18.7. The van der Waals surface area contributed by atoms with Gasteiger partial charge in [0, 0.05) is 67.9 Å². The number of amides is 4. The number of nitrogens with one attached hydrogen (secondary N) is 2. The summed E-state index contributed by atoms with van der Waals surface area (Å²) in [5.74, 6) is -4.06. The van der Waals surface area contributed by atoms with Crippen LogP contribution in [-0.2, 0) is 11.3 Å². The van der Waals surface area contributed by atoms with E-state index in [-0.39, 0.29) is 56.9 Å². The first-order chi connectivity index (χ1) is 15.7. The molecule has 33 heavy (non-hydrogen) atoms. The van der Waals surface area contributed by atoms with Crippen LogP contribution in [-0.4, -0.2) is 48.3 Å². The molecule has 174 valence electrons. The Hall–Kier alpha value is -3.40. The Labute approximate surface area is 188 Å². The molecule has 2 fully saturated rings. The van der Waals surface area contributed by atoms with Gasteiger partial charge < -0.3 is 5.32 Å². The number of alkyl halides is 2. The number of rotatable bonds is 5. The Balaban J connectivity index is 1.36. The molecule has 0 unspecified atom stereocenters. The van der Waals surface area contributed by atoms with Crippen molar-refractivity contribution in [2.75, 3.05) is 29.9 Å². The van der Waals surface area contributed by atoms with E-state index in [2.05, 4.69) is 10.6 Å². The second-order valence-corrected chi connectivity index (χ2v) is 8.19. The Morgan fingerprint density at radius 1 is 1.03 bits per heavy atom. The number of carbonyl (C=O) groups excluding carboxylic acids is 3. The fourth-order valence-electron chi connectivity index (χ4n) is 3.83. The van der Waals surface area contributed by atoms with Gasteiger partial charge in [0.2, 0.25) is 5.91 Å². The first kappa shape index (κ1) is 22.8. The number of benzene rings is 2. The number of nitrogens with zero attached hydrogens (tertiary/aromatic N) is 2. The zero-order valence-electron chi connectivity index (χ0n) is 17.7. The molecule has 0 bridgehead atoms. The molecule has 0 atom stereocenters. The van der Waals surface area contributed by atoms with Crippen molar-refractivity contribution in [1.29, 1.82) is 0 Å². The minimum atomic E-state index is -2.66. The highest BCUT2D eigenvalue weighted by atomic mass is 19.3. The van der Waals surface area contributed by atoms with Crippen LogP contribution in [0.2, 0.25) is 0 Å². The average molecular weight is 460 g/mol. The predicted octanol–water partition coefficient (Wildman–Crippen LogP) is 3.76. The smallest absolute Gasteiger partial charge is 0.322 e. The zero-order valence-corrected chi connectivity index (χ0v) is 17.7. The summed E-state index contributed by atoms with van der Waals surface area (Å²) in [6.45, 7) is 0.864. The highest BCUT2D eigenvalue weighted by Crippen LogP contribution is 2.29. The molecule has 2 aliphatic heterocycles. The van der Waals surface area contributed by atoms with Gasteiger partial charge in [0.05, 0.1) is 0 Å². The number of imide groups is 1. The van der Waals surface area contributed by atoms with Gasteiger partial charge in [-0.1, -0.05) is 6.07 Å². The van der Waals surface area contributed by atoms with Crippen molar-refractivity contribution in [3.8, 4) is 0 Å². The van der Waals surface area contributed by atoms with Crippen molar-refractivity contribution >= 4 is 29.2 Å². The van der Waals surface area contributed by atoms with Crippen LogP contribution in [0.4, 0.5) is 29.3 Å². The first-order valence-corrected chi connectivity index (χ1v) is 10.6. The lowest BCUT2D eigenvalue weighted by atomic mass is 10.0. The van der Waals surface area contributed by atoms with Crippen LogP contribution in [0.25, 0.3) is 0 Å². The number of likely N-dealkylation sites (tertiary alicyclic amines) is 1. The number of piperidine rings is 1. The number of hydrogen-bond acceptors (Lipinski definition) is 4. The number of urea groups is 1. The van der Waals surface area contributed by atoms with E-state index in [1.807, 2.05) is 0 Å². The lowest BCUT2D eigenvalue weighted by Crippen LogP contribution is -2.49. The molecular formula is C23H23F3N4O3. The monoisotopic (exact) mass is 460 g/mol. The van der Waals surface area contributed by atoms with E-state index < -0.39 is 23.7 Å². The van der Waals surface area contributed by atoms with Gasteiger partial charge in [0.15, 0.2) is 0 Å². The minimum Gasteiger partial charge on any atom is -0.322 e. The zero-order chi connectivity index (χ0) is 23.6. The van der Waals surface area contributed by atoms with Gasteiger partial charge in [-0.2, -0.15) is 0 Å². The molecule has 4 rings (SSSR count). The van der Waals surface area contributed by atoms with Crippen LogP contribution in [0, 0.1) is 5.82 Å². The van der Waals surface area contributed by atoms with E-state index in [4.69, 9.17) is 0 Å². The Kier molecular flexibility index (Phi) is 6.37. The molecule has 2 aliphatic rings. The van der Waals surface area contributed by atoms with E-state index >= 15 is 0 Å². The number of hydrogen-bond donors (Lipinski definition) is 2. The first-order valence-electron chi connectivity index (χ1n) is 10.6. The SMILES string of the molecule is O=C1CCN(c2ccc(NC(=O)c3ccc(CN4CCC(F)(F)CC4)c(F)c3)cc2)C(=O)N1. The molecule has 0 spiro atoms. The molecule has 10 heteroatoms. The molecule has 4 amide bonds. The van der Waals surface area contributed by atoms with Gasteiger partial charge in [0.1, 0.15) is 5.82 Å². The molecule has 0 radical (unpaired) electrons. The summed E-state index contributed by atoms with van der Waals surface area (Å²) < 4.78 is 41.1. The van der Waals surface area contributed by atoms with Crippen molar-refractivity contribution < 1.29 is 27.6 Å². The maximum Gasteiger partial charge on any atom is 0.328 e. The maximum atomic E-state index is 14.6. The van der Waals surface area contributed by atoms with Crippen LogP contribution in [0.5, 0.6) is 0 Å². The van der Waals surface area contributed by atoms with Crippen molar-refractivity contribution in [2.45, 2.75) is 31.7 Å². The number of halogens is 3. The predicted molar refractivity (Wildman–Crippen MR) is 116 cm³/mol.